The highest BCUT2D eigenvalue weighted by atomic mass is 15.0. The summed E-state index contributed by atoms with van der Waals surface area (Å²) in [6.45, 7) is 0. The van der Waals surface area contributed by atoms with Crippen LogP contribution in [0, 0.1) is 0 Å². The first-order chi connectivity index (χ1) is 22.3. The fourth-order valence-electron chi connectivity index (χ4n) is 6.88. The van der Waals surface area contributed by atoms with Gasteiger partial charge in [-0.25, -0.2) is 0 Å². The van der Waals surface area contributed by atoms with Gasteiger partial charge >= 0.3 is 0 Å². The third-order valence-corrected chi connectivity index (χ3v) is 8.84. The van der Waals surface area contributed by atoms with Crippen LogP contribution in [0.3, 0.4) is 0 Å². The van der Waals surface area contributed by atoms with E-state index in [1.165, 1.54) is 22.3 Å². The molecule has 0 aliphatic heterocycles. The SMILES string of the molecule is [2H]c1cc2c3ccccc3n(-c3ccccc3-c3ccccc3)c2c2c1c1ccccc1n2-c1ccc(-c2ccccc2)cc1. The molecule has 0 aliphatic carbocycles. The first-order valence-corrected chi connectivity index (χ1v) is 15.0. The molecule has 2 heteroatoms. The van der Waals surface area contributed by atoms with Gasteiger partial charge in [-0.2, -0.15) is 0 Å². The summed E-state index contributed by atoms with van der Waals surface area (Å²) in [5, 5.41) is 4.27. The molecule has 0 saturated heterocycles. The van der Waals surface area contributed by atoms with Crippen LogP contribution >= 0.6 is 0 Å². The van der Waals surface area contributed by atoms with Gasteiger partial charge in [-0.1, -0.05) is 140 Å². The second kappa shape index (κ2) is 9.86. The number of hydrogen-bond donors (Lipinski definition) is 0. The highest BCUT2D eigenvalue weighted by molar-refractivity contribution is 6.24. The molecule has 0 N–H and O–H groups in total. The molecule has 0 amide bonds. The number of hydrogen-bond acceptors (Lipinski definition) is 0. The van der Waals surface area contributed by atoms with Gasteiger partial charge in [-0.05, 0) is 47.0 Å². The van der Waals surface area contributed by atoms with Crippen LogP contribution in [0.1, 0.15) is 1.37 Å². The minimum Gasteiger partial charge on any atom is -0.307 e. The molecule has 206 valence electrons. The van der Waals surface area contributed by atoms with Crippen molar-refractivity contribution >= 4 is 43.6 Å². The molecule has 0 radical (unpaired) electrons. The van der Waals surface area contributed by atoms with Crippen molar-refractivity contribution in [1.82, 2.24) is 9.13 Å². The quantitative estimate of drug-likeness (QED) is 0.202. The summed E-state index contributed by atoms with van der Waals surface area (Å²) < 4.78 is 14.2. The Morgan fingerprint density at radius 1 is 0.364 bits per heavy atom. The summed E-state index contributed by atoms with van der Waals surface area (Å²) in [4.78, 5) is 0. The van der Waals surface area contributed by atoms with Crippen molar-refractivity contribution in [3.63, 3.8) is 0 Å². The van der Waals surface area contributed by atoms with Crippen molar-refractivity contribution in [3.8, 4) is 33.6 Å². The lowest BCUT2D eigenvalue weighted by molar-refractivity contribution is 1.15. The molecule has 2 aromatic heterocycles. The molecule has 0 aliphatic rings. The van der Waals surface area contributed by atoms with Crippen LogP contribution in [0.25, 0.3) is 77.2 Å². The average molecular weight is 562 g/mol. The van der Waals surface area contributed by atoms with E-state index in [0.29, 0.717) is 6.04 Å². The van der Waals surface area contributed by atoms with Crippen LogP contribution in [0.15, 0.2) is 170 Å². The summed E-state index contributed by atoms with van der Waals surface area (Å²) in [5.41, 5.74) is 11.3. The lowest BCUT2D eigenvalue weighted by Gasteiger charge is -2.16. The molecule has 7 aromatic carbocycles. The molecule has 9 rings (SSSR count). The minimum atomic E-state index is 0.535. The second-order valence-electron chi connectivity index (χ2n) is 11.3. The summed E-state index contributed by atoms with van der Waals surface area (Å²) >= 11 is 0. The molecule has 2 nitrogen and oxygen atoms in total. The Bertz CT molecular complexity index is 2520. The maximum absolute atomic E-state index is 9.39. The number of rotatable bonds is 4. The Morgan fingerprint density at radius 3 is 1.61 bits per heavy atom. The topological polar surface area (TPSA) is 9.86 Å². The van der Waals surface area contributed by atoms with Crippen molar-refractivity contribution in [3.05, 3.63) is 170 Å². The second-order valence-corrected chi connectivity index (χ2v) is 11.3. The highest BCUT2D eigenvalue weighted by Crippen LogP contribution is 2.43. The molecule has 2 heterocycles. The zero-order valence-electron chi connectivity index (χ0n) is 25.0. The van der Waals surface area contributed by atoms with Gasteiger partial charge in [0.15, 0.2) is 0 Å². The maximum Gasteiger partial charge on any atom is 0.0789 e. The largest absolute Gasteiger partial charge is 0.307 e. The van der Waals surface area contributed by atoms with Gasteiger partial charge in [0.25, 0.3) is 0 Å². The van der Waals surface area contributed by atoms with E-state index in [2.05, 4.69) is 173 Å². The Hall–Kier alpha value is -5.86. The molecular formula is C42H28N2. The van der Waals surface area contributed by atoms with E-state index in [4.69, 9.17) is 0 Å². The monoisotopic (exact) mass is 561 g/mol. The van der Waals surface area contributed by atoms with E-state index in [1.54, 1.807) is 0 Å². The predicted octanol–water partition coefficient (Wildman–Crippen LogP) is 11.2. The van der Waals surface area contributed by atoms with Gasteiger partial charge in [-0.15, -0.1) is 0 Å². The average Bonchev–Trinajstić information content (AvgIpc) is 3.63. The van der Waals surface area contributed by atoms with Gasteiger partial charge in [0.1, 0.15) is 0 Å². The lowest BCUT2D eigenvalue weighted by Crippen LogP contribution is -2.00. The van der Waals surface area contributed by atoms with Crippen LogP contribution < -0.4 is 0 Å². The van der Waals surface area contributed by atoms with Gasteiger partial charge in [-0.3, -0.25) is 0 Å². The fraction of sp³-hybridized carbons (Fsp3) is 0. The van der Waals surface area contributed by atoms with Crippen molar-refractivity contribution in [2.45, 2.75) is 0 Å². The molecule has 0 saturated carbocycles. The van der Waals surface area contributed by atoms with Crippen LogP contribution in [0.4, 0.5) is 0 Å². The maximum atomic E-state index is 9.39. The molecule has 0 spiro atoms. The summed E-state index contributed by atoms with van der Waals surface area (Å²) in [6.07, 6.45) is 0. The first kappa shape index (κ1) is 23.7. The zero-order valence-corrected chi connectivity index (χ0v) is 24.0. The van der Waals surface area contributed by atoms with E-state index in [-0.39, 0.29) is 0 Å². The third kappa shape index (κ3) is 3.68. The minimum absolute atomic E-state index is 0.535. The molecule has 0 atom stereocenters. The van der Waals surface area contributed by atoms with Crippen molar-refractivity contribution in [1.29, 1.82) is 0 Å². The van der Waals surface area contributed by atoms with E-state index < -0.39 is 0 Å². The van der Waals surface area contributed by atoms with Crippen LogP contribution in [0.2, 0.25) is 0 Å². The number of para-hydroxylation sites is 3. The molecule has 44 heavy (non-hydrogen) atoms. The number of aromatic nitrogens is 2. The fourth-order valence-corrected chi connectivity index (χ4v) is 6.88. The smallest absolute Gasteiger partial charge is 0.0789 e. The van der Waals surface area contributed by atoms with Gasteiger partial charge in [0, 0.05) is 32.8 Å². The standard InChI is InChI=1S/C42H28N2/c1-3-13-29(14-4-1)30-23-25-32(26-24-30)43-39-21-11-8-18-34(39)36-27-28-37-35-19-9-12-22-40(35)44(42(37)41(36)43)38-20-10-7-17-33(38)31-15-5-2-6-16-31/h1-28H/i27D. The Morgan fingerprint density at radius 2 is 0.886 bits per heavy atom. The molecular weight excluding hydrogens is 532 g/mol. The number of fused-ring (bicyclic) bond motifs is 7. The van der Waals surface area contributed by atoms with Crippen LogP contribution in [-0.2, 0) is 0 Å². The Balaban J connectivity index is 1.45. The zero-order chi connectivity index (χ0) is 29.9. The predicted molar refractivity (Wildman–Crippen MR) is 186 cm³/mol. The molecule has 0 fully saturated rings. The Kier molecular flexibility index (Phi) is 5.31. The van der Waals surface area contributed by atoms with Gasteiger partial charge < -0.3 is 9.13 Å². The number of nitrogens with zero attached hydrogens (tertiary/aromatic N) is 2. The van der Waals surface area contributed by atoms with E-state index in [0.717, 1.165) is 55.0 Å². The lowest BCUT2D eigenvalue weighted by atomic mass is 10.0. The van der Waals surface area contributed by atoms with E-state index >= 15 is 0 Å². The van der Waals surface area contributed by atoms with Crippen molar-refractivity contribution < 1.29 is 1.37 Å². The highest BCUT2D eigenvalue weighted by Gasteiger charge is 2.22. The van der Waals surface area contributed by atoms with Crippen molar-refractivity contribution in [2.24, 2.45) is 0 Å². The summed E-state index contributed by atoms with van der Waals surface area (Å²) in [7, 11) is 0. The van der Waals surface area contributed by atoms with E-state index in [9.17, 15) is 1.37 Å². The normalized spacial score (nSPS) is 12.0. The van der Waals surface area contributed by atoms with E-state index in [1.807, 2.05) is 0 Å². The molecule has 0 bridgehead atoms. The van der Waals surface area contributed by atoms with Crippen LogP contribution in [0.5, 0.6) is 0 Å². The summed E-state index contributed by atoms with van der Waals surface area (Å²) in [5.74, 6) is 0. The first-order valence-electron chi connectivity index (χ1n) is 15.5. The Labute approximate surface area is 257 Å². The third-order valence-electron chi connectivity index (χ3n) is 8.84. The summed E-state index contributed by atoms with van der Waals surface area (Å²) in [6, 6.07) is 58.3. The van der Waals surface area contributed by atoms with Crippen molar-refractivity contribution in [2.75, 3.05) is 0 Å². The van der Waals surface area contributed by atoms with Gasteiger partial charge in [0.05, 0.1) is 29.1 Å². The molecule has 0 unspecified atom stereocenters. The molecule has 9 aromatic rings. The van der Waals surface area contributed by atoms with Gasteiger partial charge in [0.2, 0.25) is 0 Å². The van der Waals surface area contributed by atoms with Crippen LogP contribution in [-0.4, -0.2) is 9.13 Å². The number of benzene rings is 7.